The van der Waals surface area contributed by atoms with Crippen molar-refractivity contribution >= 4 is 28.5 Å². The van der Waals surface area contributed by atoms with Gasteiger partial charge in [0, 0.05) is 17.8 Å². The van der Waals surface area contributed by atoms with Gasteiger partial charge in [-0.05, 0) is 55.2 Å². The quantitative estimate of drug-likeness (QED) is 0.631. The molecule has 0 amide bonds. The van der Waals surface area contributed by atoms with Crippen molar-refractivity contribution in [2.45, 2.75) is 38.6 Å². The van der Waals surface area contributed by atoms with Crippen LogP contribution in [-0.2, 0) is 6.54 Å². The van der Waals surface area contributed by atoms with Crippen molar-refractivity contribution < 1.29 is 9.90 Å². The van der Waals surface area contributed by atoms with Gasteiger partial charge in [-0.15, -0.1) is 0 Å². The molecule has 2 aromatic carbocycles. The second kappa shape index (κ2) is 7.92. The molecule has 1 aliphatic rings. The van der Waals surface area contributed by atoms with Gasteiger partial charge in [-0.3, -0.25) is 4.79 Å². The number of carbonyl (C=O) groups is 1. The van der Waals surface area contributed by atoms with E-state index in [0.29, 0.717) is 11.5 Å². The van der Waals surface area contributed by atoms with E-state index in [9.17, 15) is 4.79 Å². The minimum Gasteiger partial charge on any atom is -0.388 e. The molecule has 1 heterocycles. The number of hydrogen-bond donors (Lipinski definition) is 2. The van der Waals surface area contributed by atoms with Crippen molar-refractivity contribution in [1.29, 1.82) is 0 Å². The summed E-state index contributed by atoms with van der Waals surface area (Å²) in [5, 5.41) is 12.4. The summed E-state index contributed by atoms with van der Waals surface area (Å²) in [5.74, 6) is 1.26. The van der Waals surface area contributed by atoms with E-state index in [4.69, 9.17) is 10.1 Å². The fourth-order valence-corrected chi connectivity index (χ4v) is 3.94. The molecule has 1 fully saturated rings. The Labute approximate surface area is 159 Å². The molecule has 1 aliphatic carbocycles. The third kappa shape index (κ3) is 3.88. The van der Waals surface area contributed by atoms with E-state index in [-0.39, 0.29) is 5.78 Å². The highest BCUT2D eigenvalue weighted by molar-refractivity contribution is 5.97. The lowest BCUT2D eigenvalue weighted by molar-refractivity contribution is 0.0904. The minimum atomic E-state index is -0.468. The molecule has 5 heteroatoms. The molecule has 0 atom stereocenters. The summed E-state index contributed by atoms with van der Waals surface area (Å²) in [6.07, 6.45) is 6.56. The number of para-hydroxylation sites is 2. The maximum atomic E-state index is 11.6. The third-order valence-electron chi connectivity index (χ3n) is 5.43. The highest BCUT2D eigenvalue weighted by Crippen LogP contribution is 2.29. The van der Waals surface area contributed by atoms with E-state index in [2.05, 4.69) is 22.0 Å². The zero-order valence-corrected chi connectivity index (χ0v) is 15.4. The highest BCUT2D eigenvalue weighted by Gasteiger charge is 2.18. The summed E-state index contributed by atoms with van der Waals surface area (Å²) < 4.78 is 2.29. The number of Topliss-reactive ketones (excluding diaryl/α,β-unsaturated/α-hetero) is 1. The maximum Gasteiger partial charge on any atom is 0.208 e. The van der Waals surface area contributed by atoms with Gasteiger partial charge in [0.1, 0.15) is 6.61 Å². The molecular weight excluding hydrogens is 338 g/mol. The summed E-state index contributed by atoms with van der Waals surface area (Å²) in [5.41, 5.74) is 3.53. The van der Waals surface area contributed by atoms with Crippen LogP contribution in [0.2, 0.25) is 0 Å². The van der Waals surface area contributed by atoms with Crippen LogP contribution >= 0.6 is 0 Å². The number of imidazole rings is 1. The smallest absolute Gasteiger partial charge is 0.208 e. The Morgan fingerprint density at radius 3 is 2.56 bits per heavy atom. The Balaban J connectivity index is 1.62. The first kappa shape index (κ1) is 17.7. The number of ketones is 1. The van der Waals surface area contributed by atoms with Crippen molar-refractivity contribution in [3.8, 4) is 0 Å². The van der Waals surface area contributed by atoms with E-state index in [1.807, 2.05) is 24.3 Å². The fourth-order valence-electron chi connectivity index (χ4n) is 3.94. The summed E-state index contributed by atoms with van der Waals surface area (Å²) in [7, 11) is 0. The second-order valence-electron chi connectivity index (χ2n) is 7.32. The molecule has 0 bridgehead atoms. The summed E-state index contributed by atoms with van der Waals surface area (Å²) >= 11 is 0. The first-order valence-electron chi connectivity index (χ1n) is 9.71. The molecule has 0 unspecified atom stereocenters. The van der Waals surface area contributed by atoms with Gasteiger partial charge in [-0.2, -0.15) is 0 Å². The topological polar surface area (TPSA) is 67.2 Å². The number of aromatic nitrogens is 2. The first-order chi connectivity index (χ1) is 13.2. The zero-order chi connectivity index (χ0) is 18.6. The normalized spacial score (nSPS) is 15.1. The number of aliphatic hydroxyl groups excluding tert-OH is 1. The van der Waals surface area contributed by atoms with Gasteiger partial charge in [0.15, 0.2) is 5.78 Å². The van der Waals surface area contributed by atoms with Crippen molar-refractivity contribution in [2.75, 3.05) is 11.9 Å². The van der Waals surface area contributed by atoms with Gasteiger partial charge in [0.2, 0.25) is 5.95 Å². The highest BCUT2D eigenvalue weighted by atomic mass is 16.3. The second-order valence-corrected chi connectivity index (χ2v) is 7.32. The van der Waals surface area contributed by atoms with Gasteiger partial charge in [0.25, 0.3) is 0 Å². The van der Waals surface area contributed by atoms with E-state index < -0.39 is 6.61 Å². The van der Waals surface area contributed by atoms with Crippen LogP contribution in [0.25, 0.3) is 11.0 Å². The number of fused-ring (bicyclic) bond motifs is 1. The average molecular weight is 363 g/mol. The lowest BCUT2D eigenvalue weighted by Crippen LogP contribution is -2.15. The van der Waals surface area contributed by atoms with Crippen LogP contribution in [-0.4, -0.2) is 27.0 Å². The Bertz CT molecular complexity index is 924. The number of benzene rings is 2. The van der Waals surface area contributed by atoms with E-state index in [1.165, 1.54) is 32.1 Å². The number of nitrogens with one attached hydrogen (secondary N) is 1. The molecular formula is C22H25N3O2. The van der Waals surface area contributed by atoms with Crippen LogP contribution in [0.3, 0.4) is 0 Å². The Kier molecular flexibility index (Phi) is 5.21. The van der Waals surface area contributed by atoms with E-state index in [0.717, 1.165) is 29.2 Å². The summed E-state index contributed by atoms with van der Waals surface area (Å²) in [6.45, 7) is 0.508. The molecule has 0 aliphatic heterocycles. The first-order valence-corrected chi connectivity index (χ1v) is 9.71. The molecule has 1 saturated carbocycles. The standard InChI is InChI=1S/C22H25N3O2/c26-15-21(27)17-10-12-18(13-11-17)23-22-24-19-8-4-5-9-20(19)25(22)14-16-6-2-1-3-7-16/h4-5,8-13,16,26H,1-3,6-7,14-15H2,(H,23,24). The molecule has 0 radical (unpaired) electrons. The maximum absolute atomic E-state index is 11.6. The Hall–Kier alpha value is -2.66. The summed E-state index contributed by atoms with van der Waals surface area (Å²) in [4.78, 5) is 16.4. The van der Waals surface area contributed by atoms with Crippen molar-refractivity contribution in [3.63, 3.8) is 0 Å². The number of rotatable bonds is 6. The lowest BCUT2D eigenvalue weighted by atomic mass is 9.89. The van der Waals surface area contributed by atoms with Crippen molar-refractivity contribution in [3.05, 3.63) is 54.1 Å². The Morgan fingerprint density at radius 1 is 1.07 bits per heavy atom. The van der Waals surface area contributed by atoms with Gasteiger partial charge >= 0.3 is 0 Å². The predicted octanol–water partition coefficient (Wildman–Crippen LogP) is 4.54. The van der Waals surface area contributed by atoms with Crippen molar-refractivity contribution in [2.24, 2.45) is 5.92 Å². The van der Waals surface area contributed by atoms with Crippen LogP contribution in [0.4, 0.5) is 11.6 Å². The molecule has 1 aromatic heterocycles. The van der Waals surface area contributed by atoms with Crippen molar-refractivity contribution in [1.82, 2.24) is 9.55 Å². The number of carbonyl (C=O) groups excluding carboxylic acids is 1. The third-order valence-corrected chi connectivity index (χ3v) is 5.43. The summed E-state index contributed by atoms with van der Waals surface area (Å²) in [6, 6.07) is 15.4. The van der Waals surface area contributed by atoms with E-state index >= 15 is 0 Å². The molecule has 2 N–H and O–H groups in total. The monoisotopic (exact) mass is 363 g/mol. The molecule has 0 spiro atoms. The molecule has 3 aromatic rings. The molecule has 4 rings (SSSR count). The predicted molar refractivity (Wildman–Crippen MR) is 107 cm³/mol. The van der Waals surface area contributed by atoms with Crippen LogP contribution in [0.15, 0.2) is 48.5 Å². The molecule has 0 saturated heterocycles. The molecule has 27 heavy (non-hydrogen) atoms. The number of anilines is 2. The van der Waals surface area contributed by atoms with Crippen LogP contribution < -0.4 is 5.32 Å². The largest absolute Gasteiger partial charge is 0.388 e. The van der Waals surface area contributed by atoms with E-state index in [1.54, 1.807) is 12.1 Å². The van der Waals surface area contributed by atoms with Gasteiger partial charge in [-0.1, -0.05) is 31.4 Å². The van der Waals surface area contributed by atoms with Crippen LogP contribution in [0.1, 0.15) is 42.5 Å². The van der Waals surface area contributed by atoms with Gasteiger partial charge in [0.05, 0.1) is 11.0 Å². The SMILES string of the molecule is O=C(CO)c1ccc(Nc2nc3ccccc3n2CC2CCCCC2)cc1. The number of nitrogens with zero attached hydrogens (tertiary/aromatic N) is 2. The van der Waals surface area contributed by atoms with Gasteiger partial charge in [-0.25, -0.2) is 4.98 Å². The van der Waals surface area contributed by atoms with Crippen LogP contribution in [0, 0.1) is 5.92 Å². The number of hydrogen-bond acceptors (Lipinski definition) is 4. The zero-order valence-electron chi connectivity index (χ0n) is 15.4. The lowest BCUT2D eigenvalue weighted by Gasteiger charge is -2.23. The van der Waals surface area contributed by atoms with Crippen LogP contribution in [0.5, 0.6) is 0 Å². The van der Waals surface area contributed by atoms with Gasteiger partial charge < -0.3 is 15.0 Å². The Morgan fingerprint density at radius 2 is 1.81 bits per heavy atom. The minimum absolute atomic E-state index is 0.272. The molecule has 140 valence electrons. The number of aliphatic hydroxyl groups is 1. The fraction of sp³-hybridized carbons (Fsp3) is 0.364. The average Bonchev–Trinajstić information content (AvgIpc) is 3.06. The molecule has 5 nitrogen and oxygen atoms in total.